The average molecular weight is 176 g/mol. The van der Waals surface area contributed by atoms with Crippen molar-refractivity contribution in [3.8, 4) is 0 Å². The van der Waals surface area contributed by atoms with E-state index in [2.05, 4.69) is 44.9 Å². The molecule has 0 saturated carbocycles. The summed E-state index contributed by atoms with van der Waals surface area (Å²) >= 11 is 0. The zero-order valence-corrected chi connectivity index (χ0v) is 8.51. The van der Waals surface area contributed by atoms with Gasteiger partial charge >= 0.3 is 0 Å². The third kappa shape index (κ3) is 3.43. The van der Waals surface area contributed by atoms with Gasteiger partial charge in [0.1, 0.15) is 0 Å². The summed E-state index contributed by atoms with van der Waals surface area (Å²) in [5.74, 6) is 0. The predicted molar refractivity (Wildman–Crippen MR) is 57.9 cm³/mol. The highest BCUT2D eigenvalue weighted by Gasteiger charge is 1.96. The fourth-order valence-electron chi connectivity index (χ4n) is 1.21. The fraction of sp³-hybridized carbons (Fsp3) is 0.333. The van der Waals surface area contributed by atoms with Gasteiger partial charge in [0.05, 0.1) is 20.6 Å². The summed E-state index contributed by atoms with van der Waals surface area (Å²) in [4.78, 5) is 1.49. The van der Waals surface area contributed by atoms with Crippen molar-refractivity contribution < 1.29 is 4.90 Å². The molecule has 0 atom stereocenters. The molecule has 0 aromatic heterocycles. The topological polar surface area (TPSA) is 4.44 Å². The van der Waals surface area contributed by atoms with Gasteiger partial charge in [-0.25, -0.2) is 0 Å². The molecule has 0 aliphatic heterocycles. The summed E-state index contributed by atoms with van der Waals surface area (Å²) in [6.07, 6.45) is 3.03. The van der Waals surface area contributed by atoms with Crippen molar-refractivity contribution in [3.63, 3.8) is 0 Å². The van der Waals surface area contributed by atoms with E-state index < -0.39 is 0 Å². The lowest BCUT2D eigenvalue weighted by atomic mass is 10.1. The van der Waals surface area contributed by atoms with E-state index in [9.17, 15) is 0 Å². The highest BCUT2D eigenvalue weighted by atomic mass is 15.0. The van der Waals surface area contributed by atoms with Crippen LogP contribution in [0.4, 0.5) is 0 Å². The van der Waals surface area contributed by atoms with Gasteiger partial charge in [-0.2, -0.15) is 0 Å². The SMILES string of the molecule is C=Cc1ccc(CC[NH+](C)C)cc1. The molecule has 1 aromatic rings. The number of rotatable bonds is 4. The van der Waals surface area contributed by atoms with Gasteiger partial charge in [0.2, 0.25) is 0 Å². The van der Waals surface area contributed by atoms with Gasteiger partial charge < -0.3 is 4.90 Å². The van der Waals surface area contributed by atoms with E-state index in [1.54, 1.807) is 0 Å². The van der Waals surface area contributed by atoms with Crippen LogP contribution in [0, 0.1) is 0 Å². The molecule has 0 saturated heterocycles. The monoisotopic (exact) mass is 176 g/mol. The summed E-state index contributed by atoms with van der Waals surface area (Å²) in [5, 5.41) is 0. The number of hydrogen-bond donors (Lipinski definition) is 1. The van der Waals surface area contributed by atoms with Crippen molar-refractivity contribution in [2.75, 3.05) is 20.6 Å². The number of hydrogen-bond acceptors (Lipinski definition) is 0. The van der Waals surface area contributed by atoms with Gasteiger partial charge in [0.15, 0.2) is 0 Å². The molecule has 0 radical (unpaired) electrons. The molecule has 13 heavy (non-hydrogen) atoms. The molecule has 1 aromatic carbocycles. The molecule has 1 rings (SSSR count). The van der Waals surface area contributed by atoms with E-state index in [-0.39, 0.29) is 0 Å². The van der Waals surface area contributed by atoms with Crippen LogP contribution in [-0.2, 0) is 6.42 Å². The van der Waals surface area contributed by atoms with Crippen LogP contribution in [0.5, 0.6) is 0 Å². The molecule has 0 amide bonds. The molecule has 1 N–H and O–H groups in total. The van der Waals surface area contributed by atoms with Crippen LogP contribution in [0.15, 0.2) is 30.8 Å². The van der Waals surface area contributed by atoms with Gasteiger partial charge in [-0.15, -0.1) is 0 Å². The maximum Gasteiger partial charge on any atom is 0.0807 e. The van der Waals surface area contributed by atoms with Crippen molar-refractivity contribution in [3.05, 3.63) is 42.0 Å². The second-order valence-corrected chi connectivity index (χ2v) is 3.65. The molecule has 1 heteroatoms. The highest BCUT2D eigenvalue weighted by molar-refractivity contribution is 5.47. The lowest BCUT2D eigenvalue weighted by Gasteiger charge is -2.06. The van der Waals surface area contributed by atoms with Crippen LogP contribution in [0.25, 0.3) is 6.08 Å². The van der Waals surface area contributed by atoms with Crippen molar-refractivity contribution in [1.82, 2.24) is 0 Å². The zero-order valence-electron chi connectivity index (χ0n) is 8.51. The van der Waals surface area contributed by atoms with Crippen LogP contribution >= 0.6 is 0 Å². The molecular formula is C12H18N+. The Balaban J connectivity index is 2.54. The second-order valence-electron chi connectivity index (χ2n) is 3.65. The number of likely N-dealkylation sites (N-methyl/N-ethyl adjacent to an activating group) is 1. The first kappa shape index (κ1) is 10.0. The van der Waals surface area contributed by atoms with Crippen molar-refractivity contribution in [2.45, 2.75) is 6.42 Å². The van der Waals surface area contributed by atoms with Crippen LogP contribution in [0.3, 0.4) is 0 Å². The standard InChI is InChI=1S/C12H17N/c1-4-11-5-7-12(8-6-11)9-10-13(2)3/h4-8H,1,9-10H2,2-3H3/p+1. The molecule has 0 spiro atoms. The van der Waals surface area contributed by atoms with Gasteiger partial charge in [0.25, 0.3) is 0 Å². The largest absolute Gasteiger partial charge is 0.340 e. The smallest absolute Gasteiger partial charge is 0.0807 e. The summed E-state index contributed by atoms with van der Waals surface area (Å²) in [7, 11) is 4.36. The Hall–Kier alpha value is -1.08. The Bertz CT molecular complexity index is 259. The Kier molecular flexibility index (Phi) is 3.71. The Morgan fingerprint density at radius 1 is 1.23 bits per heavy atom. The summed E-state index contributed by atoms with van der Waals surface area (Å²) in [5.41, 5.74) is 2.60. The Morgan fingerprint density at radius 2 is 1.85 bits per heavy atom. The third-order valence-electron chi connectivity index (χ3n) is 2.13. The predicted octanol–water partition coefficient (Wildman–Crippen LogP) is 1.02. The molecule has 70 valence electrons. The molecule has 0 aliphatic rings. The summed E-state index contributed by atoms with van der Waals surface area (Å²) in [6, 6.07) is 8.60. The number of benzene rings is 1. The molecule has 0 unspecified atom stereocenters. The van der Waals surface area contributed by atoms with Gasteiger partial charge in [-0.05, 0) is 11.1 Å². The maximum absolute atomic E-state index is 3.73. The van der Waals surface area contributed by atoms with Gasteiger partial charge in [-0.3, -0.25) is 0 Å². The minimum Gasteiger partial charge on any atom is -0.340 e. The molecule has 0 heterocycles. The quantitative estimate of drug-likeness (QED) is 0.698. The Morgan fingerprint density at radius 3 is 2.31 bits per heavy atom. The highest BCUT2D eigenvalue weighted by Crippen LogP contribution is 2.05. The lowest BCUT2D eigenvalue weighted by molar-refractivity contribution is -0.858. The van der Waals surface area contributed by atoms with E-state index in [1.807, 2.05) is 6.08 Å². The van der Waals surface area contributed by atoms with Crippen molar-refractivity contribution in [1.29, 1.82) is 0 Å². The lowest BCUT2D eigenvalue weighted by Crippen LogP contribution is -3.05. The normalized spacial score (nSPS) is 10.4. The first-order chi connectivity index (χ1) is 6.22. The minimum absolute atomic E-state index is 1.15. The molecular weight excluding hydrogens is 158 g/mol. The zero-order chi connectivity index (χ0) is 9.68. The molecule has 0 aliphatic carbocycles. The fourth-order valence-corrected chi connectivity index (χ4v) is 1.21. The summed E-state index contributed by atoms with van der Waals surface area (Å²) in [6.45, 7) is 4.92. The van der Waals surface area contributed by atoms with Crippen molar-refractivity contribution >= 4 is 6.08 Å². The third-order valence-corrected chi connectivity index (χ3v) is 2.13. The van der Waals surface area contributed by atoms with E-state index in [4.69, 9.17) is 0 Å². The van der Waals surface area contributed by atoms with Crippen molar-refractivity contribution in [2.24, 2.45) is 0 Å². The first-order valence-corrected chi connectivity index (χ1v) is 4.73. The first-order valence-electron chi connectivity index (χ1n) is 4.73. The van der Waals surface area contributed by atoms with E-state index in [0.717, 1.165) is 6.42 Å². The Labute approximate surface area is 80.7 Å². The van der Waals surface area contributed by atoms with Gasteiger partial charge in [-0.1, -0.05) is 36.9 Å². The molecule has 1 nitrogen and oxygen atoms in total. The van der Waals surface area contributed by atoms with E-state index >= 15 is 0 Å². The maximum atomic E-state index is 3.73. The summed E-state index contributed by atoms with van der Waals surface area (Å²) < 4.78 is 0. The molecule has 0 fully saturated rings. The van der Waals surface area contributed by atoms with Crippen LogP contribution < -0.4 is 4.90 Å². The second kappa shape index (κ2) is 4.83. The van der Waals surface area contributed by atoms with Crippen LogP contribution in [-0.4, -0.2) is 20.6 Å². The van der Waals surface area contributed by atoms with Crippen LogP contribution in [0.2, 0.25) is 0 Å². The average Bonchev–Trinajstić information content (AvgIpc) is 2.15. The number of nitrogens with one attached hydrogen (secondary N) is 1. The molecule has 0 bridgehead atoms. The minimum atomic E-state index is 1.15. The van der Waals surface area contributed by atoms with Gasteiger partial charge in [0, 0.05) is 6.42 Å². The van der Waals surface area contributed by atoms with E-state index in [0.29, 0.717) is 0 Å². The van der Waals surface area contributed by atoms with E-state index in [1.165, 1.54) is 22.6 Å². The number of quaternary nitrogens is 1. The van der Waals surface area contributed by atoms with Crippen LogP contribution in [0.1, 0.15) is 11.1 Å².